The van der Waals surface area contributed by atoms with Crippen LogP contribution in [0, 0.1) is 13.8 Å². The van der Waals surface area contributed by atoms with Crippen LogP contribution in [0.15, 0.2) is 16.7 Å². The van der Waals surface area contributed by atoms with Crippen LogP contribution in [0.1, 0.15) is 36.6 Å². The molecule has 1 N–H and O–H groups in total. The van der Waals surface area contributed by atoms with Crippen molar-refractivity contribution in [1.82, 2.24) is 9.97 Å². The Morgan fingerprint density at radius 3 is 2.57 bits per heavy atom. The first kappa shape index (κ1) is 15.4. The lowest BCUT2D eigenvalue weighted by Gasteiger charge is -2.22. The second-order valence-electron chi connectivity index (χ2n) is 5.18. The Bertz CT molecular complexity index is 606. The van der Waals surface area contributed by atoms with Gasteiger partial charge in [-0.3, -0.25) is 0 Å². The summed E-state index contributed by atoms with van der Waals surface area (Å²) in [7, 11) is 2.05. The summed E-state index contributed by atoms with van der Waals surface area (Å²) < 4.78 is 5.37. The summed E-state index contributed by atoms with van der Waals surface area (Å²) in [4.78, 5) is 11.4. The smallest absolute Gasteiger partial charge is 0.137 e. The minimum atomic E-state index is 0.773. The maximum atomic E-state index is 5.37. The molecule has 0 aliphatic rings. The molecule has 5 heteroatoms. The molecule has 2 aromatic heterocycles. The van der Waals surface area contributed by atoms with Gasteiger partial charge in [0.05, 0.1) is 6.26 Å². The first-order valence-corrected chi connectivity index (χ1v) is 7.42. The molecular weight excluding hydrogens is 264 g/mol. The second-order valence-corrected chi connectivity index (χ2v) is 5.18. The average Bonchev–Trinajstić information content (AvgIpc) is 2.86. The van der Waals surface area contributed by atoms with E-state index in [1.165, 1.54) is 5.56 Å². The number of rotatable bonds is 6. The molecule has 0 bridgehead atoms. The quantitative estimate of drug-likeness (QED) is 0.883. The van der Waals surface area contributed by atoms with Crippen molar-refractivity contribution in [3.8, 4) is 0 Å². The highest BCUT2D eigenvalue weighted by Crippen LogP contribution is 2.25. The fourth-order valence-corrected chi connectivity index (χ4v) is 2.32. The highest BCUT2D eigenvalue weighted by molar-refractivity contribution is 5.58. The molecule has 5 nitrogen and oxygen atoms in total. The van der Waals surface area contributed by atoms with Crippen LogP contribution in [0.5, 0.6) is 0 Å². The van der Waals surface area contributed by atoms with E-state index in [9.17, 15) is 0 Å². The van der Waals surface area contributed by atoms with Gasteiger partial charge in [-0.25, -0.2) is 9.97 Å². The van der Waals surface area contributed by atoms with Gasteiger partial charge >= 0.3 is 0 Å². The molecule has 0 radical (unpaired) electrons. The number of hydrogen-bond donors (Lipinski definition) is 1. The molecule has 2 heterocycles. The van der Waals surface area contributed by atoms with Crippen LogP contribution in [-0.4, -0.2) is 23.6 Å². The standard InChI is InChI=1S/C16H24N4O/c1-6-14-18-15(17-7-2)11(3)16(19-14)20(5)10-13-8-9-21-12(13)4/h8-9H,6-7,10H2,1-5H3,(H,17,18,19). The van der Waals surface area contributed by atoms with Crippen molar-refractivity contribution in [3.63, 3.8) is 0 Å². The minimum absolute atomic E-state index is 0.773. The molecule has 0 saturated heterocycles. The zero-order chi connectivity index (χ0) is 15.4. The maximum absolute atomic E-state index is 5.37. The van der Waals surface area contributed by atoms with E-state index in [1.54, 1.807) is 6.26 Å². The summed E-state index contributed by atoms with van der Waals surface area (Å²) in [6, 6.07) is 2.01. The number of aromatic nitrogens is 2. The molecule has 0 aliphatic heterocycles. The van der Waals surface area contributed by atoms with Crippen molar-refractivity contribution >= 4 is 11.6 Å². The van der Waals surface area contributed by atoms with Crippen molar-refractivity contribution in [3.05, 3.63) is 35.0 Å². The molecule has 2 aromatic rings. The van der Waals surface area contributed by atoms with E-state index in [4.69, 9.17) is 4.42 Å². The molecule has 0 fully saturated rings. The molecule has 0 aliphatic carbocycles. The molecule has 0 unspecified atom stereocenters. The third-order valence-electron chi connectivity index (χ3n) is 3.56. The number of furan rings is 1. The van der Waals surface area contributed by atoms with Gasteiger partial charge in [-0.05, 0) is 26.8 Å². The minimum Gasteiger partial charge on any atom is -0.469 e. The number of hydrogen-bond acceptors (Lipinski definition) is 5. The van der Waals surface area contributed by atoms with Gasteiger partial charge in [0.1, 0.15) is 23.2 Å². The van der Waals surface area contributed by atoms with E-state index in [1.807, 2.05) is 13.0 Å². The number of anilines is 2. The number of aryl methyl sites for hydroxylation is 2. The summed E-state index contributed by atoms with van der Waals surface area (Å²) in [5.41, 5.74) is 2.26. The zero-order valence-corrected chi connectivity index (χ0v) is 13.5. The summed E-state index contributed by atoms with van der Waals surface area (Å²) in [5.74, 6) is 3.71. The first-order valence-electron chi connectivity index (χ1n) is 7.42. The van der Waals surface area contributed by atoms with E-state index in [-0.39, 0.29) is 0 Å². The molecule has 0 saturated carbocycles. The summed E-state index contributed by atoms with van der Waals surface area (Å²) >= 11 is 0. The lowest BCUT2D eigenvalue weighted by Crippen LogP contribution is -2.21. The molecule has 0 aromatic carbocycles. The van der Waals surface area contributed by atoms with Gasteiger partial charge in [0.15, 0.2) is 0 Å². The number of nitrogens with zero attached hydrogens (tertiary/aromatic N) is 3. The second kappa shape index (κ2) is 6.61. The molecule has 21 heavy (non-hydrogen) atoms. The van der Waals surface area contributed by atoms with E-state index in [0.29, 0.717) is 0 Å². The Morgan fingerprint density at radius 2 is 2.00 bits per heavy atom. The lowest BCUT2D eigenvalue weighted by atomic mass is 10.2. The van der Waals surface area contributed by atoms with Gasteiger partial charge in [0.2, 0.25) is 0 Å². The van der Waals surface area contributed by atoms with Crippen molar-refractivity contribution in [2.45, 2.75) is 40.7 Å². The predicted octanol–water partition coefficient (Wildman–Crippen LogP) is 3.32. The monoisotopic (exact) mass is 288 g/mol. The average molecular weight is 288 g/mol. The fourth-order valence-electron chi connectivity index (χ4n) is 2.32. The van der Waals surface area contributed by atoms with Crippen LogP contribution in [0.25, 0.3) is 0 Å². The molecular formula is C16H24N4O. The van der Waals surface area contributed by atoms with Crippen molar-refractivity contribution in [2.24, 2.45) is 0 Å². The van der Waals surface area contributed by atoms with Crippen LogP contribution in [-0.2, 0) is 13.0 Å². The normalized spacial score (nSPS) is 10.7. The van der Waals surface area contributed by atoms with E-state index >= 15 is 0 Å². The van der Waals surface area contributed by atoms with Gasteiger partial charge in [-0.15, -0.1) is 0 Å². The zero-order valence-electron chi connectivity index (χ0n) is 13.5. The summed E-state index contributed by atoms with van der Waals surface area (Å²) in [6.45, 7) is 9.82. The van der Waals surface area contributed by atoms with Gasteiger partial charge < -0.3 is 14.6 Å². The van der Waals surface area contributed by atoms with Crippen LogP contribution in [0.2, 0.25) is 0 Å². The predicted molar refractivity (Wildman–Crippen MR) is 85.9 cm³/mol. The van der Waals surface area contributed by atoms with Crippen molar-refractivity contribution < 1.29 is 4.42 Å². The van der Waals surface area contributed by atoms with Crippen LogP contribution < -0.4 is 10.2 Å². The Morgan fingerprint density at radius 1 is 1.24 bits per heavy atom. The third kappa shape index (κ3) is 3.35. The van der Waals surface area contributed by atoms with E-state index in [2.05, 4.69) is 48.0 Å². The molecule has 0 spiro atoms. The SMILES string of the molecule is CCNc1nc(CC)nc(N(C)Cc2ccoc2C)c1C. The Balaban J connectivity index is 2.32. The number of nitrogens with one attached hydrogen (secondary N) is 1. The van der Waals surface area contributed by atoms with Crippen molar-refractivity contribution in [1.29, 1.82) is 0 Å². The largest absolute Gasteiger partial charge is 0.469 e. The summed E-state index contributed by atoms with van der Waals surface area (Å²) in [5, 5.41) is 3.32. The van der Waals surface area contributed by atoms with E-state index < -0.39 is 0 Å². The highest BCUT2D eigenvalue weighted by Gasteiger charge is 2.15. The Labute approximate surface area is 126 Å². The topological polar surface area (TPSA) is 54.2 Å². The van der Waals surface area contributed by atoms with Gasteiger partial charge in [0, 0.05) is 37.7 Å². The van der Waals surface area contributed by atoms with Gasteiger partial charge in [-0.1, -0.05) is 6.92 Å². The van der Waals surface area contributed by atoms with Crippen molar-refractivity contribution in [2.75, 3.05) is 23.8 Å². The Hall–Kier alpha value is -2.04. The molecule has 114 valence electrons. The lowest BCUT2D eigenvalue weighted by molar-refractivity contribution is 0.529. The molecule has 0 atom stereocenters. The third-order valence-corrected chi connectivity index (χ3v) is 3.56. The van der Waals surface area contributed by atoms with Gasteiger partial charge in [-0.2, -0.15) is 0 Å². The molecule has 0 amide bonds. The van der Waals surface area contributed by atoms with Crippen LogP contribution in [0.4, 0.5) is 11.6 Å². The van der Waals surface area contributed by atoms with E-state index in [0.717, 1.165) is 48.3 Å². The fraction of sp³-hybridized carbons (Fsp3) is 0.500. The van der Waals surface area contributed by atoms with Crippen LogP contribution >= 0.6 is 0 Å². The first-order chi connectivity index (χ1) is 10.1. The summed E-state index contributed by atoms with van der Waals surface area (Å²) in [6.07, 6.45) is 2.55. The van der Waals surface area contributed by atoms with Gasteiger partial charge in [0.25, 0.3) is 0 Å². The molecule has 2 rings (SSSR count). The van der Waals surface area contributed by atoms with Crippen LogP contribution in [0.3, 0.4) is 0 Å². The highest BCUT2D eigenvalue weighted by atomic mass is 16.3. The Kier molecular flexibility index (Phi) is 4.83. The maximum Gasteiger partial charge on any atom is 0.137 e.